The van der Waals surface area contributed by atoms with E-state index in [0.29, 0.717) is 5.75 Å². The Balaban J connectivity index is 0.000000655. The van der Waals surface area contributed by atoms with E-state index in [1.807, 2.05) is 42.5 Å². The van der Waals surface area contributed by atoms with Crippen molar-refractivity contribution in [3.05, 3.63) is 127 Å². The zero-order valence-corrected chi connectivity index (χ0v) is 20.7. The van der Waals surface area contributed by atoms with E-state index in [1.54, 1.807) is 0 Å². The normalized spacial score (nSPS) is 10.6. The lowest BCUT2D eigenvalue weighted by molar-refractivity contribution is 0.405. The number of phenolic OH excluding ortho intramolecular Hbond substituents is 1. The van der Waals surface area contributed by atoms with Crippen LogP contribution in [0, 0.1) is 0 Å². The van der Waals surface area contributed by atoms with Crippen LogP contribution < -0.4 is 0 Å². The molecule has 0 radical (unpaired) electrons. The molecule has 0 amide bonds. The molecule has 0 aliphatic rings. The molecule has 0 aliphatic heterocycles. The molecular weight excluding hydrogens is 479 g/mol. The van der Waals surface area contributed by atoms with Gasteiger partial charge in [0.1, 0.15) is 5.75 Å². The molecular formula is C32H24O4P+. The molecule has 0 fully saturated rings. The fourth-order valence-corrected chi connectivity index (χ4v) is 4.76. The maximum atomic E-state index is 11.7. The van der Waals surface area contributed by atoms with Crippen molar-refractivity contribution in [2.24, 2.45) is 0 Å². The minimum Gasteiger partial charge on any atom is -0.507 e. The number of aromatic hydroxyl groups is 1. The van der Waals surface area contributed by atoms with E-state index < -0.39 is 8.25 Å². The second-order valence-corrected chi connectivity index (χ2v) is 9.10. The third-order valence-electron chi connectivity index (χ3n) is 6.34. The van der Waals surface area contributed by atoms with Gasteiger partial charge in [-0.3, -0.25) is 0 Å². The van der Waals surface area contributed by atoms with Gasteiger partial charge in [0, 0.05) is 15.7 Å². The third kappa shape index (κ3) is 5.13. The molecule has 180 valence electrons. The summed E-state index contributed by atoms with van der Waals surface area (Å²) < 4.78 is 8.70. The van der Waals surface area contributed by atoms with Crippen LogP contribution in [0.3, 0.4) is 0 Å². The molecule has 0 heterocycles. The maximum Gasteiger partial charge on any atom is 0.692 e. The summed E-state index contributed by atoms with van der Waals surface area (Å²) in [5.41, 5.74) is 6.06. The fraction of sp³-hybridized carbons (Fsp3) is 0. The SMILES string of the molecule is O=[P+](O)O.Oc1c(-c2ccccc2)cc2ccccc2c1-c1cc(-c2ccccc2)cc2ccccc12. The monoisotopic (exact) mass is 503 g/mol. The van der Waals surface area contributed by atoms with Crippen molar-refractivity contribution in [3.8, 4) is 39.1 Å². The molecule has 6 aromatic rings. The second kappa shape index (κ2) is 10.7. The van der Waals surface area contributed by atoms with E-state index in [-0.39, 0.29) is 0 Å². The van der Waals surface area contributed by atoms with Crippen LogP contribution in [-0.2, 0) is 4.57 Å². The van der Waals surface area contributed by atoms with Gasteiger partial charge in [-0.25, -0.2) is 0 Å². The van der Waals surface area contributed by atoms with Crippen LogP contribution in [-0.4, -0.2) is 14.9 Å². The highest BCUT2D eigenvalue weighted by atomic mass is 31.1. The van der Waals surface area contributed by atoms with Gasteiger partial charge in [0.2, 0.25) is 0 Å². The van der Waals surface area contributed by atoms with E-state index in [4.69, 9.17) is 14.4 Å². The van der Waals surface area contributed by atoms with E-state index >= 15 is 0 Å². The molecule has 0 bridgehead atoms. The lowest BCUT2D eigenvalue weighted by Crippen LogP contribution is -1.90. The number of fused-ring (bicyclic) bond motifs is 2. The highest BCUT2D eigenvalue weighted by molar-refractivity contribution is 7.30. The standard InChI is InChI=1S/C32H22O.HO3P/c33-32-29(23-13-5-2-6-14-23)20-25-16-8-10-18-28(25)31(32)30-21-26(22-11-3-1-4-12-22)19-24-15-7-9-17-27(24)30;1-4(2)3/h1-21,33H;(H-,1,2,3)/p+1. The lowest BCUT2D eigenvalue weighted by Gasteiger charge is -2.17. The molecule has 5 heteroatoms. The van der Waals surface area contributed by atoms with Crippen LogP contribution in [0.25, 0.3) is 54.9 Å². The third-order valence-corrected chi connectivity index (χ3v) is 6.34. The summed E-state index contributed by atoms with van der Waals surface area (Å²) in [5.74, 6) is 0.315. The molecule has 6 aromatic carbocycles. The summed E-state index contributed by atoms with van der Waals surface area (Å²) in [6.45, 7) is 0. The van der Waals surface area contributed by atoms with Crippen LogP contribution in [0.4, 0.5) is 0 Å². The van der Waals surface area contributed by atoms with Gasteiger partial charge in [-0.1, -0.05) is 109 Å². The minimum atomic E-state index is -2.87. The van der Waals surface area contributed by atoms with Crippen molar-refractivity contribution in [1.82, 2.24) is 0 Å². The molecule has 0 aliphatic carbocycles. The zero-order valence-electron chi connectivity index (χ0n) is 19.8. The van der Waals surface area contributed by atoms with Crippen LogP contribution in [0.15, 0.2) is 127 Å². The van der Waals surface area contributed by atoms with Gasteiger partial charge in [0.05, 0.1) is 0 Å². The van der Waals surface area contributed by atoms with Crippen LogP contribution in [0.1, 0.15) is 0 Å². The quantitative estimate of drug-likeness (QED) is 0.212. The summed E-state index contributed by atoms with van der Waals surface area (Å²) in [4.78, 5) is 14.2. The number of rotatable bonds is 3. The molecule has 0 spiro atoms. The topological polar surface area (TPSA) is 77.8 Å². The van der Waals surface area contributed by atoms with E-state index in [2.05, 4.69) is 84.9 Å². The number of benzene rings is 6. The largest absolute Gasteiger partial charge is 0.692 e. The Bertz CT molecular complexity index is 1710. The van der Waals surface area contributed by atoms with Gasteiger partial charge in [-0.2, -0.15) is 0 Å². The van der Waals surface area contributed by atoms with Crippen molar-refractivity contribution in [2.45, 2.75) is 0 Å². The lowest BCUT2D eigenvalue weighted by atomic mass is 9.87. The predicted molar refractivity (Wildman–Crippen MR) is 151 cm³/mol. The summed E-state index contributed by atoms with van der Waals surface area (Å²) in [7, 11) is -2.87. The zero-order chi connectivity index (χ0) is 25.8. The molecule has 3 N–H and O–H groups in total. The summed E-state index contributed by atoms with van der Waals surface area (Å²) in [6.07, 6.45) is 0. The van der Waals surface area contributed by atoms with E-state index in [1.165, 1.54) is 0 Å². The van der Waals surface area contributed by atoms with E-state index in [0.717, 1.165) is 54.9 Å². The van der Waals surface area contributed by atoms with Crippen molar-refractivity contribution < 1.29 is 19.5 Å². The van der Waals surface area contributed by atoms with Crippen LogP contribution in [0.5, 0.6) is 5.75 Å². The molecule has 6 rings (SSSR count). The van der Waals surface area contributed by atoms with E-state index in [9.17, 15) is 5.11 Å². The Labute approximate surface area is 215 Å². The number of hydrogen-bond acceptors (Lipinski definition) is 2. The Morgan fingerprint density at radius 1 is 0.486 bits per heavy atom. The van der Waals surface area contributed by atoms with Crippen molar-refractivity contribution in [1.29, 1.82) is 0 Å². The molecule has 0 saturated carbocycles. The van der Waals surface area contributed by atoms with Gasteiger partial charge in [0.25, 0.3) is 0 Å². The first-order valence-corrected chi connectivity index (χ1v) is 12.9. The van der Waals surface area contributed by atoms with Gasteiger partial charge in [-0.05, 0) is 62.0 Å². The maximum absolute atomic E-state index is 11.7. The molecule has 0 aromatic heterocycles. The Hall–Kier alpha value is -4.34. The molecule has 37 heavy (non-hydrogen) atoms. The average Bonchev–Trinajstić information content (AvgIpc) is 2.93. The smallest absolute Gasteiger partial charge is 0.507 e. The molecule has 0 unspecified atom stereocenters. The summed E-state index contributed by atoms with van der Waals surface area (Å²) in [5, 5.41) is 16.2. The average molecular weight is 504 g/mol. The number of phenols is 1. The Morgan fingerprint density at radius 3 is 1.59 bits per heavy atom. The van der Waals surface area contributed by atoms with Crippen molar-refractivity contribution in [2.75, 3.05) is 0 Å². The summed E-state index contributed by atoms with van der Waals surface area (Å²) >= 11 is 0. The first-order chi connectivity index (χ1) is 18.0. The molecule has 0 saturated heterocycles. The fourth-order valence-electron chi connectivity index (χ4n) is 4.76. The first-order valence-electron chi connectivity index (χ1n) is 11.8. The van der Waals surface area contributed by atoms with Crippen molar-refractivity contribution in [3.63, 3.8) is 0 Å². The number of hydrogen-bond donors (Lipinski definition) is 3. The van der Waals surface area contributed by atoms with Gasteiger partial charge < -0.3 is 5.11 Å². The molecule has 0 atom stereocenters. The Kier molecular flexibility index (Phi) is 7.07. The Morgan fingerprint density at radius 2 is 0.973 bits per heavy atom. The van der Waals surface area contributed by atoms with Crippen LogP contribution in [0.2, 0.25) is 0 Å². The van der Waals surface area contributed by atoms with Gasteiger partial charge >= 0.3 is 8.25 Å². The second-order valence-electron chi connectivity index (χ2n) is 8.60. The van der Waals surface area contributed by atoms with Crippen LogP contribution >= 0.6 is 8.25 Å². The highest BCUT2D eigenvalue weighted by Gasteiger charge is 2.18. The first kappa shape index (κ1) is 24.4. The predicted octanol–water partition coefficient (Wildman–Crippen LogP) is 8.33. The molecule has 4 nitrogen and oxygen atoms in total. The summed E-state index contributed by atoms with van der Waals surface area (Å²) in [6, 6.07) is 43.8. The highest BCUT2D eigenvalue weighted by Crippen LogP contribution is 2.46. The van der Waals surface area contributed by atoms with Crippen molar-refractivity contribution >= 4 is 29.8 Å². The van der Waals surface area contributed by atoms with Gasteiger partial charge in [0.15, 0.2) is 0 Å². The van der Waals surface area contributed by atoms with Gasteiger partial charge in [-0.15, -0.1) is 9.79 Å². The minimum absolute atomic E-state index is 0.315.